The van der Waals surface area contributed by atoms with Crippen molar-refractivity contribution >= 4 is 40.5 Å². The zero-order valence-electron chi connectivity index (χ0n) is 21.4. The van der Waals surface area contributed by atoms with Crippen LogP contribution in [0, 0.1) is 11.8 Å². The maximum absolute atomic E-state index is 13.1. The smallest absolute Gasteiger partial charge is 0.326 e. The van der Waals surface area contributed by atoms with Crippen LogP contribution in [0.5, 0.6) is 0 Å². The zero-order valence-corrected chi connectivity index (χ0v) is 21.4. The standard InChI is InChI=1S/C25H36N6O6/c1-12(2)20(23(34)29-18(25(36)37)10-19(27)32)31-24(35)21(13(3)4)30-22(33)16(26)9-14-11-28-17-8-6-5-7-15(14)17/h5-8,11-13,16,18,20-21,28H,9-10,26H2,1-4H3,(H2,27,32)(H,29,34)(H,30,33)(H,31,35)(H,36,37). The molecule has 1 aromatic carbocycles. The number of aliphatic carboxylic acids is 1. The van der Waals surface area contributed by atoms with Crippen LogP contribution in [-0.2, 0) is 30.4 Å². The summed E-state index contributed by atoms with van der Waals surface area (Å²) in [5.74, 6) is -5.06. The molecule has 0 saturated carbocycles. The van der Waals surface area contributed by atoms with Crippen LogP contribution >= 0.6 is 0 Å². The first kappa shape index (κ1) is 29.3. The summed E-state index contributed by atoms with van der Waals surface area (Å²) in [5, 5.41) is 17.7. The maximum Gasteiger partial charge on any atom is 0.326 e. The number of nitrogens with one attached hydrogen (secondary N) is 4. The third kappa shape index (κ3) is 8.04. The Kier molecular flexibility index (Phi) is 10.2. The number of hydrogen-bond donors (Lipinski definition) is 7. The molecule has 0 radical (unpaired) electrons. The number of fused-ring (bicyclic) bond motifs is 1. The molecule has 1 heterocycles. The second-order valence-corrected chi connectivity index (χ2v) is 9.70. The predicted octanol–water partition coefficient (Wildman–Crippen LogP) is -0.236. The van der Waals surface area contributed by atoms with Gasteiger partial charge in [-0.15, -0.1) is 0 Å². The lowest BCUT2D eigenvalue weighted by Crippen LogP contribution is -2.59. The van der Waals surface area contributed by atoms with Gasteiger partial charge in [-0.2, -0.15) is 0 Å². The van der Waals surface area contributed by atoms with Crippen molar-refractivity contribution in [3.8, 4) is 0 Å². The topological polar surface area (TPSA) is 209 Å². The second kappa shape index (κ2) is 12.9. The minimum Gasteiger partial charge on any atom is -0.480 e. The van der Waals surface area contributed by atoms with Crippen LogP contribution in [0.15, 0.2) is 30.5 Å². The minimum atomic E-state index is -1.54. The highest BCUT2D eigenvalue weighted by atomic mass is 16.4. The third-order valence-corrected chi connectivity index (χ3v) is 5.97. The quantitative estimate of drug-likeness (QED) is 0.190. The SMILES string of the molecule is CC(C)C(NC(=O)C(N)Cc1c[nH]c2ccccc12)C(=O)NC(C(=O)NC(CC(N)=O)C(=O)O)C(C)C. The highest BCUT2D eigenvalue weighted by Gasteiger charge is 2.33. The minimum absolute atomic E-state index is 0.246. The Morgan fingerprint density at radius 2 is 1.43 bits per heavy atom. The summed E-state index contributed by atoms with van der Waals surface area (Å²) in [5.41, 5.74) is 13.0. The zero-order chi connectivity index (χ0) is 27.9. The number of rotatable bonds is 13. The van der Waals surface area contributed by atoms with E-state index in [1.807, 2.05) is 24.3 Å². The number of carbonyl (C=O) groups excluding carboxylic acids is 4. The molecule has 4 amide bonds. The molecule has 202 valence electrons. The molecule has 12 nitrogen and oxygen atoms in total. The van der Waals surface area contributed by atoms with Crippen LogP contribution in [0.2, 0.25) is 0 Å². The fourth-order valence-electron chi connectivity index (χ4n) is 3.87. The van der Waals surface area contributed by atoms with Crippen molar-refractivity contribution in [3.05, 3.63) is 36.0 Å². The number of carboxylic acid groups (broad SMARTS) is 1. The molecule has 0 aliphatic rings. The summed E-state index contributed by atoms with van der Waals surface area (Å²) in [4.78, 5) is 64.4. The summed E-state index contributed by atoms with van der Waals surface area (Å²) >= 11 is 0. The van der Waals surface area contributed by atoms with Crippen molar-refractivity contribution in [2.45, 2.75) is 64.7 Å². The van der Waals surface area contributed by atoms with Crippen LogP contribution in [0.3, 0.4) is 0 Å². The van der Waals surface area contributed by atoms with Crippen LogP contribution < -0.4 is 27.4 Å². The number of hydrogen-bond acceptors (Lipinski definition) is 6. The number of benzene rings is 1. The Hall–Kier alpha value is -3.93. The number of aromatic amines is 1. The van der Waals surface area contributed by atoms with Gasteiger partial charge in [0.25, 0.3) is 0 Å². The van der Waals surface area contributed by atoms with Crippen LogP contribution in [0.4, 0.5) is 0 Å². The molecular formula is C25H36N6O6. The van der Waals surface area contributed by atoms with E-state index in [0.29, 0.717) is 0 Å². The van der Waals surface area contributed by atoms with Crippen molar-refractivity contribution in [2.24, 2.45) is 23.3 Å². The second-order valence-electron chi connectivity index (χ2n) is 9.70. The number of para-hydroxylation sites is 1. The van der Waals surface area contributed by atoms with Crippen molar-refractivity contribution in [1.29, 1.82) is 0 Å². The van der Waals surface area contributed by atoms with E-state index in [4.69, 9.17) is 11.5 Å². The molecule has 12 heteroatoms. The van der Waals surface area contributed by atoms with Crippen LogP contribution in [-0.4, -0.2) is 63.9 Å². The number of carboxylic acids is 1. The Morgan fingerprint density at radius 1 is 0.892 bits per heavy atom. The number of nitrogens with two attached hydrogens (primary N) is 2. The van der Waals surface area contributed by atoms with Gasteiger partial charge in [0.1, 0.15) is 18.1 Å². The predicted molar refractivity (Wildman–Crippen MR) is 137 cm³/mol. The highest BCUT2D eigenvalue weighted by Crippen LogP contribution is 2.19. The van der Waals surface area contributed by atoms with E-state index in [2.05, 4.69) is 20.9 Å². The molecule has 0 aliphatic carbocycles. The van der Waals surface area contributed by atoms with Gasteiger partial charge in [-0.3, -0.25) is 19.2 Å². The van der Waals surface area contributed by atoms with E-state index in [1.165, 1.54) is 0 Å². The van der Waals surface area contributed by atoms with Crippen molar-refractivity contribution < 1.29 is 29.1 Å². The van der Waals surface area contributed by atoms with Crippen LogP contribution in [0.25, 0.3) is 10.9 Å². The van der Waals surface area contributed by atoms with Gasteiger partial charge in [-0.25, -0.2) is 4.79 Å². The summed E-state index contributed by atoms with van der Waals surface area (Å²) < 4.78 is 0. The van der Waals surface area contributed by atoms with E-state index in [-0.39, 0.29) is 12.3 Å². The van der Waals surface area contributed by atoms with Gasteiger partial charge >= 0.3 is 5.97 Å². The van der Waals surface area contributed by atoms with Gasteiger partial charge in [-0.1, -0.05) is 45.9 Å². The third-order valence-electron chi connectivity index (χ3n) is 5.97. The van der Waals surface area contributed by atoms with E-state index in [1.54, 1.807) is 33.9 Å². The van der Waals surface area contributed by atoms with Gasteiger partial charge < -0.3 is 37.5 Å². The number of H-pyrrole nitrogens is 1. The average molecular weight is 517 g/mol. The molecule has 2 aromatic rings. The number of amides is 4. The lowest BCUT2D eigenvalue weighted by Gasteiger charge is -2.28. The molecule has 0 bridgehead atoms. The fraction of sp³-hybridized carbons (Fsp3) is 0.480. The van der Waals surface area contributed by atoms with Gasteiger partial charge in [0.15, 0.2) is 0 Å². The largest absolute Gasteiger partial charge is 0.480 e. The lowest BCUT2D eigenvalue weighted by molar-refractivity contribution is -0.144. The normalized spacial score (nSPS) is 14.6. The first-order chi connectivity index (χ1) is 17.3. The summed E-state index contributed by atoms with van der Waals surface area (Å²) in [6, 6.07) is 3.03. The molecule has 4 atom stereocenters. The monoisotopic (exact) mass is 516 g/mol. The molecule has 0 saturated heterocycles. The van der Waals surface area contributed by atoms with E-state index in [9.17, 15) is 29.1 Å². The van der Waals surface area contributed by atoms with Gasteiger partial charge in [0, 0.05) is 17.1 Å². The number of aromatic nitrogens is 1. The Balaban J connectivity index is 2.09. The molecule has 9 N–H and O–H groups in total. The van der Waals surface area contributed by atoms with Gasteiger partial charge in [-0.05, 0) is 29.9 Å². The highest BCUT2D eigenvalue weighted by molar-refractivity contribution is 5.95. The van der Waals surface area contributed by atoms with Gasteiger partial charge in [0.05, 0.1) is 12.5 Å². The average Bonchev–Trinajstić information content (AvgIpc) is 3.22. The summed E-state index contributed by atoms with van der Waals surface area (Å²) in [6.45, 7) is 6.78. The summed E-state index contributed by atoms with van der Waals surface area (Å²) in [7, 11) is 0. The van der Waals surface area contributed by atoms with E-state index < -0.39 is 66.1 Å². The van der Waals surface area contributed by atoms with E-state index >= 15 is 0 Å². The van der Waals surface area contributed by atoms with Crippen LogP contribution in [0.1, 0.15) is 39.7 Å². The summed E-state index contributed by atoms with van der Waals surface area (Å²) in [6.07, 6.45) is 1.44. The van der Waals surface area contributed by atoms with Crippen molar-refractivity contribution in [1.82, 2.24) is 20.9 Å². The lowest BCUT2D eigenvalue weighted by atomic mass is 9.98. The number of primary amides is 1. The Bertz CT molecular complexity index is 1140. The van der Waals surface area contributed by atoms with Crippen molar-refractivity contribution in [3.63, 3.8) is 0 Å². The number of carbonyl (C=O) groups is 5. The van der Waals surface area contributed by atoms with Crippen molar-refractivity contribution in [2.75, 3.05) is 0 Å². The molecule has 0 fully saturated rings. The maximum atomic E-state index is 13.1. The first-order valence-corrected chi connectivity index (χ1v) is 12.0. The van der Waals surface area contributed by atoms with Gasteiger partial charge in [0.2, 0.25) is 23.6 Å². The molecule has 1 aromatic heterocycles. The molecule has 2 rings (SSSR count). The molecule has 0 aliphatic heterocycles. The Morgan fingerprint density at radius 3 is 1.97 bits per heavy atom. The molecule has 37 heavy (non-hydrogen) atoms. The molecular weight excluding hydrogens is 480 g/mol. The fourth-order valence-corrected chi connectivity index (χ4v) is 3.87. The van der Waals surface area contributed by atoms with E-state index in [0.717, 1.165) is 16.5 Å². The first-order valence-electron chi connectivity index (χ1n) is 12.0. The molecule has 4 unspecified atom stereocenters. The Labute approximate surface area is 214 Å². The molecule has 0 spiro atoms.